The van der Waals surface area contributed by atoms with E-state index in [1.54, 1.807) is 11.3 Å². The Morgan fingerprint density at radius 2 is 2.00 bits per heavy atom. The number of carbonyl (C=O) groups is 1. The van der Waals surface area contributed by atoms with Crippen LogP contribution in [0.1, 0.15) is 34.3 Å². The van der Waals surface area contributed by atoms with Gasteiger partial charge >= 0.3 is 0 Å². The zero-order valence-electron chi connectivity index (χ0n) is 13.5. The summed E-state index contributed by atoms with van der Waals surface area (Å²) < 4.78 is 5.82. The van der Waals surface area contributed by atoms with Crippen LogP contribution in [0.2, 0.25) is 0 Å². The molecule has 0 spiro atoms. The molecule has 2 aromatic rings. The predicted molar refractivity (Wildman–Crippen MR) is 93.8 cm³/mol. The summed E-state index contributed by atoms with van der Waals surface area (Å²) in [6.07, 6.45) is 1.98. The fraction of sp³-hybridized carbons (Fsp3) is 0.368. The molecule has 0 atom stereocenters. The number of hydrogen-bond acceptors (Lipinski definition) is 4. The Labute approximate surface area is 146 Å². The highest BCUT2D eigenvalue weighted by Gasteiger charge is 2.23. The minimum absolute atomic E-state index is 0.146. The highest BCUT2D eigenvalue weighted by atomic mass is 32.1. The highest BCUT2D eigenvalue weighted by Crippen LogP contribution is 2.20. The smallest absolute Gasteiger partial charge is 0.254 e. The van der Waals surface area contributed by atoms with Gasteiger partial charge in [0.1, 0.15) is 0 Å². The molecule has 4 nitrogen and oxygen atoms in total. The molecular formula is C19H20N2O2S. The molecule has 5 heteroatoms. The summed E-state index contributed by atoms with van der Waals surface area (Å²) in [7, 11) is 0. The topological polar surface area (TPSA) is 53.3 Å². The Morgan fingerprint density at radius 1 is 1.25 bits per heavy atom. The van der Waals surface area contributed by atoms with Crippen LogP contribution >= 0.6 is 11.3 Å². The molecule has 3 rings (SSSR count). The van der Waals surface area contributed by atoms with E-state index in [2.05, 4.69) is 6.07 Å². The van der Waals surface area contributed by atoms with Gasteiger partial charge in [-0.05, 0) is 47.9 Å². The zero-order valence-corrected chi connectivity index (χ0v) is 14.3. The molecule has 0 bridgehead atoms. The molecule has 1 aromatic carbocycles. The number of hydrogen-bond donors (Lipinski definition) is 0. The number of likely N-dealkylation sites (tertiary alicyclic amines) is 1. The van der Waals surface area contributed by atoms with Crippen LogP contribution < -0.4 is 0 Å². The molecule has 0 radical (unpaired) electrons. The third-order valence-electron chi connectivity index (χ3n) is 4.38. The standard InChI is InChI=1S/C19H20N2O2S/c20-11-15-1-3-16(4-2-15)12-23-13-17-5-8-21(9-6-17)19(22)18-7-10-24-14-18/h1-4,7,10,14,17H,5-6,8-9,12-13H2. The second-order valence-corrected chi connectivity index (χ2v) is 6.85. The molecule has 0 saturated carbocycles. The Kier molecular flexibility index (Phi) is 5.63. The molecule has 124 valence electrons. The van der Waals surface area contributed by atoms with E-state index in [-0.39, 0.29) is 5.91 Å². The first-order valence-corrected chi connectivity index (χ1v) is 9.09. The van der Waals surface area contributed by atoms with Gasteiger partial charge in [-0.15, -0.1) is 0 Å². The van der Waals surface area contributed by atoms with Crippen molar-refractivity contribution >= 4 is 17.2 Å². The minimum Gasteiger partial charge on any atom is -0.376 e. The summed E-state index contributed by atoms with van der Waals surface area (Å²) in [5.41, 5.74) is 2.55. The van der Waals surface area contributed by atoms with Crippen molar-refractivity contribution < 1.29 is 9.53 Å². The molecule has 0 unspecified atom stereocenters. The molecule has 1 fully saturated rings. The average Bonchev–Trinajstić information content (AvgIpc) is 3.17. The van der Waals surface area contributed by atoms with E-state index in [0.29, 0.717) is 18.1 Å². The number of piperidine rings is 1. The maximum Gasteiger partial charge on any atom is 0.254 e. The third kappa shape index (κ3) is 4.22. The Hall–Kier alpha value is -2.16. The largest absolute Gasteiger partial charge is 0.376 e. The second kappa shape index (κ2) is 8.09. The molecule has 1 aromatic heterocycles. The summed E-state index contributed by atoms with van der Waals surface area (Å²) in [6, 6.07) is 11.5. The monoisotopic (exact) mass is 340 g/mol. The average molecular weight is 340 g/mol. The normalized spacial score (nSPS) is 15.2. The van der Waals surface area contributed by atoms with Crippen molar-refractivity contribution in [2.45, 2.75) is 19.4 Å². The van der Waals surface area contributed by atoms with Crippen LogP contribution in [0.5, 0.6) is 0 Å². The van der Waals surface area contributed by atoms with Crippen molar-refractivity contribution in [3.05, 3.63) is 57.8 Å². The maximum atomic E-state index is 12.3. The lowest BCUT2D eigenvalue weighted by atomic mass is 9.97. The molecule has 1 aliphatic heterocycles. The molecule has 2 heterocycles. The van der Waals surface area contributed by atoms with Crippen molar-refractivity contribution in [2.75, 3.05) is 19.7 Å². The van der Waals surface area contributed by atoms with Crippen LogP contribution in [0.3, 0.4) is 0 Å². The van der Waals surface area contributed by atoms with Gasteiger partial charge in [0.2, 0.25) is 0 Å². The van der Waals surface area contributed by atoms with Crippen LogP contribution in [0.25, 0.3) is 0 Å². The number of rotatable bonds is 5. The Balaban J connectivity index is 1.39. The van der Waals surface area contributed by atoms with Crippen molar-refractivity contribution in [3.63, 3.8) is 0 Å². The predicted octanol–water partition coefficient (Wildman–Crippen LogP) is 3.69. The number of nitriles is 1. The van der Waals surface area contributed by atoms with Gasteiger partial charge in [-0.1, -0.05) is 12.1 Å². The Morgan fingerprint density at radius 3 is 2.62 bits per heavy atom. The van der Waals surface area contributed by atoms with E-state index in [0.717, 1.165) is 43.7 Å². The zero-order chi connectivity index (χ0) is 16.8. The molecule has 1 amide bonds. The molecule has 1 saturated heterocycles. The first-order chi connectivity index (χ1) is 11.8. The Bertz CT molecular complexity index is 696. The van der Waals surface area contributed by atoms with Crippen LogP contribution in [0.4, 0.5) is 0 Å². The lowest BCUT2D eigenvalue weighted by molar-refractivity contribution is 0.0479. The number of ether oxygens (including phenoxy) is 1. The summed E-state index contributed by atoms with van der Waals surface area (Å²) in [5, 5.41) is 12.6. The minimum atomic E-state index is 0.146. The van der Waals surface area contributed by atoms with E-state index >= 15 is 0 Å². The van der Waals surface area contributed by atoms with E-state index in [1.807, 2.05) is 46.0 Å². The first kappa shape index (κ1) is 16.7. The number of carbonyl (C=O) groups excluding carboxylic acids is 1. The second-order valence-electron chi connectivity index (χ2n) is 6.07. The number of amides is 1. The van der Waals surface area contributed by atoms with Gasteiger partial charge in [0, 0.05) is 25.1 Å². The SMILES string of the molecule is N#Cc1ccc(COCC2CCN(C(=O)c3ccsc3)CC2)cc1. The van der Waals surface area contributed by atoms with Crippen LogP contribution in [0.15, 0.2) is 41.1 Å². The third-order valence-corrected chi connectivity index (χ3v) is 5.06. The molecule has 0 aliphatic carbocycles. The van der Waals surface area contributed by atoms with Crippen LogP contribution in [0, 0.1) is 17.2 Å². The summed E-state index contributed by atoms with van der Waals surface area (Å²) >= 11 is 1.56. The van der Waals surface area contributed by atoms with Gasteiger partial charge in [-0.2, -0.15) is 16.6 Å². The van der Waals surface area contributed by atoms with Crippen LogP contribution in [-0.2, 0) is 11.3 Å². The molecular weight excluding hydrogens is 320 g/mol. The fourth-order valence-electron chi connectivity index (χ4n) is 2.89. The number of benzene rings is 1. The number of nitrogens with zero attached hydrogens (tertiary/aromatic N) is 2. The van der Waals surface area contributed by atoms with Crippen molar-refractivity contribution in [1.29, 1.82) is 5.26 Å². The first-order valence-electron chi connectivity index (χ1n) is 8.14. The van der Waals surface area contributed by atoms with E-state index < -0.39 is 0 Å². The molecule has 24 heavy (non-hydrogen) atoms. The van der Waals surface area contributed by atoms with Crippen molar-refractivity contribution in [1.82, 2.24) is 4.90 Å². The fourth-order valence-corrected chi connectivity index (χ4v) is 3.52. The maximum absolute atomic E-state index is 12.3. The summed E-state index contributed by atoms with van der Waals surface area (Å²) in [5.74, 6) is 0.656. The lowest BCUT2D eigenvalue weighted by Gasteiger charge is -2.31. The van der Waals surface area contributed by atoms with Gasteiger partial charge in [0.15, 0.2) is 0 Å². The molecule has 1 aliphatic rings. The number of thiophene rings is 1. The van der Waals surface area contributed by atoms with Gasteiger partial charge in [-0.3, -0.25) is 4.79 Å². The lowest BCUT2D eigenvalue weighted by Crippen LogP contribution is -2.39. The van der Waals surface area contributed by atoms with Crippen molar-refractivity contribution in [3.8, 4) is 6.07 Å². The van der Waals surface area contributed by atoms with E-state index in [9.17, 15) is 4.79 Å². The van der Waals surface area contributed by atoms with E-state index in [1.165, 1.54) is 0 Å². The quantitative estimate of drug-likeness (QED) is 0.834. The van der Waals surface area contributed by atoms with Gasteiger partial charge in [-0.25, -0.2) is 0 Å². The summed E-state index contributed by atoms with van der Waals surface area (Å²) in [4.78, 5) is 14.2. The van der Waals surface area contributed by atoms with Gasteiger partial charge < -0.3 is 9.64 Å². The van der Waals surface area contributed by atoms with Crippen LogP contribution in [-0.4, -0.2) is 30.5 Å². The van der Waals surface area contributed by atoms with Crippen molar-refractivity contribution in [2.24, 2.45) is 5.92 Å². The van der Waals surface area contributed by atoms with Gasteiger partial charge in [0.25, 0.3) is 5.91 Å². The highest BCUT2D eigenvalue weighted by molar-refractivity contribution is 7.08. The summed E-state index contributed by atoms with van der Waals surface area (Å²) in [6.45, 7) is 2.90. The van der Waals surface area contributed by atoms with E-state index in [4.69, 9.17) is 10.00 Å². The molecule has 0 N–H and O–H groups in total. The van der Waals surface area contributed by atoms with Gasteiger partial charge in [0.05, 0.1) is 23.8 Å².